The normalized spacial score (nSPS) is 13.2. The highest BCUT2D eigenvalue weighted by molar-refractivity contribution is 5.90. The van der Waals surface area contributed by atoms with Crippen molar-refractivity contribution in [3.05, 3.63) is 59.7 Å². The van der Waals surface area contributed by atoms with E-state index >= 15 is 0 Å². The van der Waals surface area contributed by atoms with Gasteiger partial charge in [-0.1, -0.05) is 18.2 Å². The number of esters is 2. The number of likely N-dealkylation sites (tertiary alicyclic amines) is 1. The minimum atomic E-state index is -0.581. The third-order valence-corrected chi connectivity index (χ3v) is 5.10. The van der Waals surface area contributed by atoms with Crippen molar-refractivity contribution in [1.29, 1.82) is 0 Å². The molecule has 0 radical (unpaired) electrons. The molecule has 0 aliphatic carbocycles. The van der Waals surface area contributed by atoms with E-state index in [1.54, 1.807) is 47.4 Å². The number of carbonyl (C=O) groups excluding carboxylic acids is 3. The van der Waals surface area contributed by atoms with Gasteiger partial charge in [0, 0.05) is 13.1 Å². The van der Waals surface area contributed by atoms with Crippen molar-refractivity contribution in [2.75, 3.05) is 39.5 Å². The molecule has 2 aromatic rings. The molecular formula is C25H29NO7. The molecule has 3 rings (SSSR count). The number of carbonyl (C=O) groups is 3. The molecule has 1 saturated heterocycles. The number of hydrogen-bond acceptors (Lipinski definition) is 7. The maximum atomic E-state index is 12.4. The van der Waals surface area contributed by atoms with E-state index in [-0.39, 0.29) is 31.3 Å². The number of hydrogen-bond donors (Lipinski definition) is 0. The van der Waals surface area contributed by atoms with Gasteiger partial charge in [0.15, 0.2) is 18.1 Å². The van der Waals surface area contributed by atoms with Crippen LogP contribution in [0.3, 0.4) is 0 Å². The predicted octanol–water partition coefficient (Wildman–Crippen LogP) is 3.49. The zero-order valence-electron chi connectivity index (χ0n) is 18.8. The Hall–Kier alpha value is -3.55. The molecule has 0 unspecified atom stereocenters. The number of benzene rings is 2. The van der Waals surface area contributed by atoms with E-state index in [0.29, 0.717) is 23.7 Å². The van der Waals surface area contributed by atoms with Crippen LogP contribution in [0.1, 0.15) is 46.9 Å². The Morgan fingerprint density at radius 3 is 2.12 bits per heavy atom. The number of nitrogens with zero attached hydrogens (tertiary/aromatic N) is 1. The summed E-state index contributed by atoms with van der Waals surface area (Å²) in [6, 6.07) is 13.2. The Morgan fingerprint density at radius 1 is 0.788 bits per heavy atom. The first-order chi connectivity index (χ1) is 16.1. The topological polar surface area (TPSA) is 91.4 Å². The monoisotopic (exact) mass is 455 g/mol. The Labute approximate surface area is 193 Å². The highest BCUT2D eigenvalue weighted by atomic mass is 16.6. The quantitative estimate of drug-likeness (QED) is 0.400. The summed E-state index contributed by atoms with van der Waals surface area (Å²) in [5.41, 5.74) is 0.696. The van der Waals surface area contributed by atoms with E-state index in [9.17, 15) is 14.4 Å². The smallest absolute Gasteiger partial charge is 0.338 e. The standard InChI is InChI=1S/C25H29NO7/c1-2-30-22-17-20(11-12-21(22)33-18-23(27)26-13-7-4-8-14-26)25(29)32-16-15-31-24(28)19-9-5-3-6-10-19/h3,5-6,9-12,17H,2,4,7-8,13-16,18H2,1H3. The summed E-state index contributed by atoms with van der Waals surface area (Å²) in [6.45, 7) is 3.47. The molecule has 176 valence electrons. The number of ether oxygens (including phenoxy) is 4. The maximum Gasteiger partial charge on any atom is 0.338 e. The molecule has 8 nitrogen and oxygen atoms in total. The lowest BCUT2D eigenvalue weighted by Gasteiger charge is -2.26. The molecule has 33 heavy (non-hydrogen) atoms. The first-order valence-electron chi connectivity index (χ1n) is 11.1. The van der Waals surface area contributed by atoms with Crippen molar-refractivity contribution >= 4 is 17.8 Å². The summed E-state index contributed by atoms with van der Waals surface area (Å²) >= 11 is 0. The van der Waals surface area contributed by atoms with Crippen LogP contribution in [-0.2, 0) is 14.3 Å². The van der Waals surface area contributed by atoms with Crippen molar-refractivity contribution in [1.82, 2.24) is 4.90 Å². The molecule has 1 aliphatic rings. The summed E-state index contributed by atoms with van der Waals surface area (Å²) < 4.78 is 21.6. The van der Waals surface area contributed by atoms with Crippen molar-refractivity contribution in [2.45, 2.75) is 26.2 Å². The Kier molecular flexibility index (Phi) is 9.11. The molecule has 8 heteroatoms. The lowest BCUT2D eigenvalue weighted by atomic mass is 10.1. The molecule has 2 aromatic carbocycles. The molecule has 1 amide bonds. The fraction of sp³-hybridized carbons (Fsp3) is 0.400. The molecule has 1 aliphatic heterocycles. The fourth-order valence-electron chi connectivity index (χ4n) is 3.41. The summed E-state index contributed by atoms with van der Waals surface area (Å²) in [5.74, 6) is -0.385. The second-order valence-corrected chi connectivity index (χ2v) is 7.46. The van der Waals surface area contributed by atoms with E-state index in [1.807, 2.05) is 6.92 Å². The lowest BCUT2D eigenvalue weighted by Crippen LogP contribution is -2.38. The van der Waals surface area contributed by atoms with Crippen LogP contribution < -0.4 is 9.47 Å². The third kappa shape index (κ3) is 7.24. The second kappa shape index (κ2) is 12.5. The predicted molar refractivity (Wildman–Crippen MR) is 121 cm³/mol. The van der Waals surface area contributed by atoms with Gasteiger partial charge in [0.1, 0.15) is 13.2 Å². The molecule has 0 aromatic heterocycles. The average Bonchev–Trinajstić information content (AvgIpc) is 2.86. The van der Waals surface area contributed by atoms with Crippen LogP contribution in [0.15, 0.2) is 48.5 Å². The van der Waals surface area contributed by atoms with E-state index in [1.165, 1.54) is 6.07 Å². The molecule has 0 saturated carbocycles. The zero-order valence-corrected chi connectivity index (χ0v) is 18.8. The third-order valence-electron chi connectivity index (χ3n) is 5.10. The number of piperidine rings is 1. The van der Waals surface area contributed by atoms with Crippen molar-refractivity contribution < 1.29 is 33.3 Å². The van der Waals surface area contributed by atoms with Crippen LogP contribution in [0.25, 0.3) is 0 Å². The Bertz CT molecular complexity index is 939. The van der Waals surface area contributed by atoms with Gasteiger partial charge in [0.05, 0.1) is 17.7 Å². The first kappa shape index (κ1) is 24.1. The number of rotatable bonds is 10. The summed E-state index contributed by atoms with van der Waals surface area (Å²) in [6.07, 6.45) is 3.17. The van der Waals surface area contributed by atoms with Gasteiger partial charge in [-0.2, -0.15) is 0 Å². The van der Waals surface area contributed by atoms with Gasteiger partial charge in [-0.25, -0.2) is 9.59 Å². The Morgan fingerprint density at radius 2 is 1.45 bits per heavy atom. The first-order valence-corrected chi connectivity index (χ1v) is 11.1. The van der Waals surface area contributed by atoms with E-state index in [2.05, 4.69) is 0 Å². The van der Waals surface area contributed by atoms with Crippen molar-refractivity contribution in [3.8, 4) is 11.5 Å². The SMILES string of the molecule is CCOc1cc(C(=O)OCCOC(=O)c2ccccc2)ccc1OCC(=O)N1CCCCC1. The summed E-state index contributed by atoms with van der Waals surface area (Å²) in [7, 11) is 0. The van der Waals surface area contributed by atoms with Gasteiger partial charge in [0.2, 0.25) is 0 Å². The van der Waals surface area contributed by atoms with E-state index in [4.69, 9.17) is 18.9 Å². The minimum absolute atomic E-state index is 0.0579. The van der Waals surface area contributed by atoms with Crippen molar-refractivity contribution in [3.63, 3.8) is 0 Å². The van der Waals surface area contributed by atoms with Crippen LogP contribution in [0.5, 0.6) is 11.5 Å². The summed E-state index contributed by atoms with van der Waals surface area (Å²) in [4.78, 5) is 38.4. The van der Waals surface area contributed by atoms with Crippen LogP contribution in [0.2, 0.25) is 0 Å². The van der Waals surface area contributed by atoms with E-state index in [0.717, 1.165) is 32.4 Å². The van der Waals surface area contributed by atoms with Crippen LogP contribution in [0.4, 0.5) is 0 Å². The Balaban J connectivity index is 1.50. The minimum Gasteiger partial charge on any atom is -0.490 e. The van der Waals surface area contributed by atoms with Crippen LogP contribution in [-0.4, -0.2) is 62.3 Å². The molecule has 0 atom stereocenters. The zero-order chi connectivity index (χ0) is 23.5. The number of amides is 1. The lowest BCUT2D eigenvalue weighted by molar-refractivity contribution is -0.134. The second-order valence-electron chi connectivity index (χ2n) is 7.46. The molecule has 1 heterocycles. The molecule has 0 spiro atoms. The molecule has 0 bridgehead atoms. The molecule has 1 fully saturated rings. The summed E-state index contributed by atoms with van der Waals surface area (Å²) in [5, 5.41) is 0. The highest BCUT2D eigenvalue weighted by Crippen LogP contribution is 2.29. The van der Waals surface area contributed by atoms with Gasteiger partial charge in [0.25, 0.3) is 5.91 Å². The van der Waals surface area contributed by atoms with Crippen molar-refractivity contribution in [2.24, 2.45) is 0 Å². The molecule has 0 N–H and O–H groups in total. The van der Waals surface area contributed by atoms with E-state index < -0.39 is 11.9 Å². The fourth-order valence-corrected chi connectivity index (χ4v) is 3.41. The molecular weight excluding hydrogens is 426 g/mol. The largest absolute Gasteiger partial charge is 0.490 e. The highest BCUT2D eigenvalue weighted by Gasteiger charge is 2.19. The van der Waals surface area contributed by atoms with Crippen LogP contribution in [0, 0.1) is 0 Å². The van der Waals surface area contributed by atoms with Gasteiger partial charge in [-0.3, -0.25) is 4.79 Å². The maximum absolute atomic E-state index is 12.4. The van der Waals surface area contributed by atoms with Crippen LogP contribution >= 0.6 is 0 Å². The average molecular weight is 456 g/mol. The van der Waals surface area contributed by atoms with Gasteiger partial charge < -0.3 is 23.8 Å². The van der Waals surface area contributed by atoms with Gasteiger partial charge in [-0.05, 0) is 56.5 Å². The van der Waals surface area contributed by atoms with Gasteiger partial charge in [-0.15, -0.1) is 0 Å². The van der Waals surface area contributed by atoms with Gasteiger partial charge >= 0.3 is 11.9 Å².